The van der Waals surface area contributed by atoms with Gasteiger partial charge in [0.05, 0.1) is 5.69 Å². The number of nitrogens with zero attached hydrogens (tertiary/aromatic N) is 2. The molecule has 0 saturated heterocycles. The average molecular weight is 245 g/mol. The molecule has 0 radical (unpaired) electrons. The number of fused-ring (bicyclic) bond motifs is 1. The van der Waals surface area contributed by atoms with Crippen molar-refractivity contribution in [2.24, 2.45) is 7.05 Å². The predicted molar refractivity (Wildman–Crippen MR) is 70.2 cm³/mol. The fourth-order valence-corrected chi connectivity index (χ4v) is 3.19. The standard InChI is InChI=1S/C13H15N3S/c1-16-8-12(14)13(15-16)17-11-6-5-9-3-2-4-10(9)7-11/h5-8H,2-4,14H2,1H3. The fraction of sp³-hybridized carbons (Fsp3) is 0.308. The summed E-state index contributed by atoms with van der Waals surface area (Å²) in [7, 11) is 1.89. The highest BCUT2D eigenvalue weighted by atomic mass is 32.2. The molecule has 0 saturated carbocycles. The lowest BCUT2D eigenvalue weighted by Gasteiger charge is -2.03. The van der Waals surface area contributed by atoms with Gasteiger partial charge in [-0.15, -0.1) is 0 Å². The van der Waals surface area contributed by atoms with E-state index in [1.54, 1.807) is 16.4 Å². The van der Waals surface area contributed by atoms with E-state index in [9.17, 15) is 0 Å². The number of aromatic nitrogens is 2. The molecule has 3 rings (SSSR count). The summed E-state index contributed by atoms with van der Waals surface area (Å²) in [6.45, 7) is 0. The summed E-state index contributed by atoms with van der Waals surface area (Å²) in [5.41, 5.74) is 9.64. The zero-order valence-electron chi connectivity index (χ0n) is 9.81. The van der Waals surface area contributed by atoms with Crippen molar-refractivity contribution in [3.8, 4) is 0 Å². The van der Waals surface area contributed by atoms with Gasteiger partial charge in [-0.05, 0) is 42.5 Å². The molecule has 0 unspecified atom stereocenters. The Labute approximate surface area is 105 Å². The van der Waals surface area contributed by atoms with Crippen LogP contribution < -0.4 is 5.73 Å². The van der Waals surface area contributed by atoms with Gasteiger partial charge in [0.15, 0.2) is 0 Å². The van der Waals surface area contributed by atoms with Crippen LogP contribution in [-0.2, 0) is 19.9 Å². The first-order valence-electron chi connectivity index (χ1n) is 5.81. The number of aryl methyl sites for hydroxylation is 3. The van der Waals surface area contributed by atoms with Crippen molar-refractivity contribution in [2.45, 2.75) is 29.2 Å². The summed E-state index contributed by atoms with van der Waals surface area (Å²) in [5, 5.41) is 5.25. The minimum atomic E-state index is 0.748. The number of anilines is 1. The van der Waals surface area contributed by atoms with Crippen LogP contribution in [0.4, 0.5) is 5.69 Å². The molecule has 0 amide bonds. The Bertz CT molecular complexity index is 560. The largest absolute Gasteiger partial charge is 0.395 e. The molecule has 0 spiro atoms. The minimum Gasteiger partial charge on any atom is -0.395 e. The Kier molecular flexibility index (Phi) is 2.59. The van der Waals surface area contributed by atoms with Crippen LogP contribution in [0, 0.1) is 0 Å². The van der Waals surface area contributed by atoms with Crippen LogP contribution in [0.15, 0.2) is 34.3 Å². The Morgan fingerprint density at radius 2 is 2.12 bits per heavy atom. The summed E-state index contributed by atoms with van der Waals surface area (Å²) in [4.78, 5) is 1.23. The maximum atomic E-state index is 5.90. The molecule has 0 atom stereocenters. The van der Waals surface area contributed by atoms with Crippen molar-refractivity contribution in [3.05, 3.63) is 35.5 Å². The van der Waals surface area contributed by atoms with Gasteiger partial charge in [-0.25, -0.2) is 0 Å². The highest BCUT2D eigenvalue weighted by Crippen LogP contribution is 2.33. The Morgan fingerprint density at radius 1 is 1.29 bits per heavy atom. The second-order valence-corrected chi connectivity index (χ2v) is 5.51. The normalized spacial score (nSPS) is 13.9. The summed E-state index contributed by atoms with van der Waals surface area (Å²) in [6.07, 6.45) is 5.57. The Balaban J connectivity index is 1.88. The van der Waals surface area contributed by atoms with E-state index < -0.39 is 0 Å². The Hall–Kier alpha value is -1.42. The van der Waals surface area contributed by atoms with E-state index in [-0.39, 0.29) is 0 Å². The molecule has 17 heavy (non-hydrogen) atoms. The van der Waals surface area contributed by atoms with E-state index in [1.807, 2.05) is 13.2 Å². The van der Waals surface area contributed by atoms with E-state index in [1.165, 1.54) is 35.3 Å². The van der Waals surface area contributed by atoms with Crippen molar-refractivity contribution in [2.75, 3.05) is 5.73 Å². The van der Waals surface area contributed by atoms with E-state index >= 15 is 0 Å². The maximum Gasteiger partial charge on any atom is 0.146 e. The number of hydrogen-bond donors (Lipinski definition) is 1. The second kappa shape index (κ2) is 4.11. The van der Waals surface area contributed by atoms with Crippen molar-refractivity contribution in [3.63, 3.8) is 0 Å². The average Bonchev–Trinajstić information content (AvgIpc) is 2.85. The molecule has 1 aliphatic carbocycles. The third kappa shape index (κ3) is 2.05. The van der Waals surface area contributed by atoms with Crippen LogP contribution in [0.3, 0.4) is 0 Å². The van der Waals surface area contributed by atoms with Crippen LogP contribution in [0.1, 0.15) is 17.5 Å². The molecule has 88 valence electrons. The molecule has 0 aliphatic heterocycles. The third-order valence-corrected chi connectivity index (χ3v) is 4.11. The molecule has 0 bridgehead atoms. The molecular formula is C13H15N3S. The number of nitrogen functional groups attached to an aromatic ring is 1. The molecule has 1 heterocycles. The van der Waals surface area contributed by atoms with E-state index in [2.05, 4.69) is 23.3 Å². The number of rotatable bonds is 2. The molecule has 3 nitrogen and oxygen atoms in total. The molecule has 1 aromatic carbocycles. The van der Waals surface area contributed by atoms with Crippen LogP contribution >= 0.6 is 11.8 Å². The summed E-state index contributed by atoms with van der Waals surface area (Å²) in [5.74, 6) is 0. The summed E-state index contributed by atoms with van der Waals surface area (Å²) in [6, 6.07) is 6.69. The molecular weight excluding hydrogens is 230 g/mol. The molecule has 2 N–H and O–H groups in total. The van der Waals surface area contributed by atoms with Crippen molar-refractivity contribution >= 4 is 17.4 Å². The highest BCUT2D eigenvalue weighted by Gasteiger charge is 2.12. The number of benzene rings is 1. The number of hydrogen-bond acceptors (Lipinski definition) is 3. The summed E-state index contributed by atoms with van der Waals surface area (Å²) >= 11 is 1.64. The van der Waals surface area contributed by atoms with Gasteiger partial charge in [0.2, 0.25) is 0 Å². The first kappa shape index (κ1) is 10.7. The van der Waals surface area contributed by atoms with Crippen molar-refractivity contribution in [1.82, 2.24) is 9.78 Å². The van der Waals surface area contributed by atoms with Crippen LogP contribution in [0.5, 0.6) is 0 Å². The van der Waals surface area contributed by atoms with E-state index in [0.29, 0.717) is 0 Å². The van der Waals surface area contributed by atoms with Crippen molar-refractivity contribution < 1.29 is 0 Å². The highest BCUT2D eigenvalue weighted by molar-refractivity contribution is 7.99. The van der Waals surface area contributed by atoms with Gasteiger partial charge >= 0.3 is 0 Å². The maximum absolute atomic E-state index is 5.90. The molecule has 0 fully saturated rings. The SMILES string of the molecule is Cn1cc(N)c(Sc2ccc3c(c2)CCC3)n1. The van der Waals surface area contributed by atoms with Crippen LogP contribution in [-0.4, -0.2) is 9.78 Å². The lowest BCUT2D eigenvalue weighted by atomic mass is 10.1. The van der Waals surface area contributed by atoms with Gasteiger partial charge in [0.1, 0.15) is 5.03 Å². The lowest BCUT2D eigenvalue weighted by molar-refractivity contribution is 0.738. The summed E-state index contributed by atoms with van der Waals surface area (Å²) < 4.78 is 1.75. The lowest BCUT2D eigenvalue weighted by Crippen LogP contribution is -1.87. The smallest absolute Gasteiger partial charge is 0.146 e. The number of nitrogens with two attached hydrogens (primary N) is 1. The molecule has 1 aliphatic rings. The van der Waals surface area contributed by atoms with E-state index in [4.69, 9.17) is 5.73 Å². The quantitative estimate of drug-likeness (QED) is 0.884. The van der Waals surface area contributed by atoms with Gasteiger partial charge in [-0.1, -0.05) is 17.8 Å². The second-order valence-electron chi connectivity index (χ2n) is 4.45. The zero-order valence-corrected chi connectivity index (χ0v) is 10.6. The third-order valence-electron chi connectivity index (χ3n) is 3.11. The minimum absolute atomic E-state index is 0.748. The molecule has 4 heteroatoms. The van der Waals surface area contributed by atoms with Crippen LogP contribution in [0.2, 0.25) is 0 Å². The van der Waals surface area contributed by atoms with Gasteiger partial charge in [-0.3, -0.25) is 4.68 Å². The van der Waals surface area contributed by atoms with Gasteiger partial charge < -0.3 is 5.73 Å². The van der Waals surface area contributed by atoms with Gasteiger partial charge in [0, 0.05) is 18.1 Å². The zero-order chi connectivity index (χ0) is 11.8. The molecule has 1 aromatic heterocycles. The predicted octanol–water partition coefficient (Wildman–Crippen LogP) is 2.64. The monoisotopic (exact) mass is 245 g/mol. The van der Waals surface area contributed by atoms with E-state index in [0.717, 1.165) is 10.7 Å². The van der Waals surface area contributed by atoms with Crippen molar-refractivity contribution in [1.29, 1.82) is 0 Å². The topological polar surface area (TPSA) is 43.8 Å². The first-order chi connectivity index (χ1) is 8.22. The fourth-order valence-electron chi connectivity index (χ4n) is 2.29. The van der Waals surface area contributed by atoms with Gasteiger partial charge in [-0.2, -0.15) is 5.10 Å². The van der Waals surface area contributed by atoms with Crippen LogP contribution in [0.25, 0.3) is 0 Å². The molecule has 2 aromatic rings. The van der Waals surface area contributed by atoms with Gasteiger partial charge in [0.25, 0.3) is 0 Å². The Morgan fingerprint density at radius 3 is 2.88 bits per heavy atom. The first-order valence-corrected chi connectivity index (χ1v) is 6.63.